The Morgan fingerprint density at radius 1 is 1.16 bits per heavy atom. The van der Waals surface area contributed by atoms with E-state index in [1.54, 1.807) is 19.4 Å². The minimum Gasteiger partial charge on any atom is -0.497 e. The number of hydrogen-bond acceptors (Lipinski definition) is 5. The van der Waals surface area contributed by atoms with Gasteiger partial charge in [0.05, 0.1) is 19.0 Å². The molecule has 126 valence electrons. The van der Waals surface area contributed by atoms with Crippen molar-refractivity contribution in [1.82, 2.24) is 5.43 Å². The fraction of sp³-hybridized carbons (Fsp3) is 0.0526. The molecule has 25 heavy (non-hydrogen) atoms. The summed E-state index contributed by atoms with van der Waals surface area (Å²) in [4.78, 5) is 13.6. The van der Waals surface area contributed by atoms with Crippen molar-refractivity contribution in [3.05, 3.63) is 71.1 Å². The van der Waals surface area contributed by atoms with Crippen molar-refractivity contribution in [2.75, 3.05) is 12.8 Å². The van der Waals surface area contributed by atoms with Gasteiger partial charge in [0.2, 0.25) is 0 Å². The molecule has 6 heteroatoms. The van der Waals surface area contributed by atoms with Crippen molar-refractivity contribution in [3.8, 4) is 16.2 Å². The number of thiophene rings is 1. The zero-order valence-electron chi connectivity index (χ0n) is 13.6. The quantitative estimate of drug-likeness (QED) is 0.543. The van der Waals surface area contributed by atoms with E-state index in [1.807, 2.05) is 54.6 Å². The first-order valence-electron chi connectivity index (χ1n) is 7.59. The summed E-state index contributed by atoms with van der Waals surface area (Å²) >= 11 is 1.33. The van der Waals surface area contributed by atoms with Gasteiger partial charge in [0.25, 0.3) is 5.91 Å². The molecule has 3 rings (SSSR count). The van der Waals surface area contributed by atoms with Gasteiger partial charge in [-0.1, -0.05) is 30.3 Å². The fourth-order valence-corrected chi connectivity index (χ4v) is 3.21. The second-order valence-electron chi connectivity index (χ2n) is 5.23. The largest absolute Gasteiger partial charge is 0.497 e. The van der Waals surface area contributed by atoms with Gasteiger partial charge >= 0.3 is 0 Å². The zero-order valence-corrected chi connectivity index (χ0v) is 14.4. The minimum atomic E-state index is -0.325. The maximum Gasteiger partial charge on any atom is 0.283 e. The molecular weight excluding hydrogens is 334 g/mol. The van der Waals surface area contributed by atoms with E-state index in [1.165, 1.54) is 11.3 Å². The Kier molecular flexibility index (Phi) is 5.11. The second kappa shape index (κ2) is 7.63. The van der Waals surface area contributed by atoms with Crippen LogP contribution in [0, 0.1) is 0 Å². The lowest BCUT2D eigenvalue weighted by Crippen LogP contribution is -2.17. The number of ether oxygens (including phenoxy) is 1. The van der Waals surface area contributed by atoms with Gasteiger partial charge in [0, 0.05) is 4.88 Å². The molecular formula is C19H17N3O2S. The number of hydrogen-bond donors (Lipinski definition) is 2. The maximum atomic E-state index is 12.3. The van der Waals surface area contributed by atoms with Crippen molar-refractivity contribution in [2.45, 2.75) is 0 Å². The summed E-state index contributed by atoms with van der Waals surface area (Å²) in [6, 6.07) is 18.9. The van der Waals surface area contributed by atoms with Gasteiger partial charge in [0.1, 0.15) is 10.6 Å². The average molecular weight is 351 g/mol. The number of nitrogen functional groups attached to an aromatic ring is 1. The topological polar surface area (TPSA) is 76.7 Å². The Morgan fingerprint density at radius 2 is 1.88 bits per heavy atom. The molecule has 0 atom stereocenters. The lowest BCUT2D eigenvalue weighted by atomic mass is 10.2. The van der Waals surface area contributed by atoms with Crippen molar-refractivity contribution < 1.29 is 9.53 Å². The molecule has 0 unspecified atom stereocenters. The third-order valence-electron chi connectivity index (χ3n) is 3.52. The standard InChI is InChI=1S/C19H17N3O2S/c1-24-15-9-7-14(8-10-15)17-11-16(20)18(25-17)19(23)22-21-12-13-5-3-2-4-6-13/h2-12H,20H2,1H3,(H,22,23)/b21-12-. The minimum absolute atomic E-state index is 0.325. The highest BCUT2D eigenvalue weighted by molar-refractivity contribution is 7.18. The monoisotopic (exact) mass is 351 g/mol. The molecule has 0 spiro atoms. The third-order valence-corrected chi connectivity index (χ3v) is 4.72. The van der Waals surface area contributed by atoms with Crippen LogP contribution in [-0.2, 0) is 0 Å². The summed E-state index contributed by atoms with van der Waals surface area (Å²) in [6.07, 6.45) is 1.59. The molecule has 1 aromatic heterocycles. The number of rotatable bonds is 5. The first-order valence-corrected chi connectivity index (χ1v) is 8.41. The molecule has 0 radical (unpaired) electrons. The zero-order chi connectivity index (χ0) is 17.6. The van der Waals surface area contributed by atoms with Crippen LogP contribution in [0.2, 0.25) is 0 Å². The molecule has 0 saturated heterocycles. The van der Waals surface area contributed by atoms with Gasteiger partial charge in [-0.25, -0.2) is 5.43 Å². The lowest BCUT2D eigenvalue weighted by molar-refractivity contribution is 0.0960. The van der Waals surface area contributed by atoms with Gasteiger partial charge < -0.3 is 10.5 Å². The van der Waals surface area contributed by atoms with Crippen LogP contribution in [0.5, 0.6) is 5.75 Å². The summed E-state index contributed by atoms with van der Waals surface area (Å²) < 4.78 is 5.15. The van der Waals surface area contributed by atoms with Gasteiger partial charge in [-0.15, -0.1) is 11.3 Å². The molecule has 0 bridgehead atoms. The Morgan fingerprint density at radius 3 is 2.56 bits per heavy atom. The number of carbonyl (C=O) groups excluding carboxylic acids is 1. The first kappa shape index (κ1) is 16.7. The fourth-order valence-electron chi connectivity index (χ4n) is 2.24. The number of benzene rings is 2. The normalized spacial score (nSPS) is 10.8. The molecule has 1 heterocycles. The van der Waals surface area contributed by atoms with Crippen LogP contribution in [0.15, 0.2) is 65.8 Å². The Labute approximate surface area is 149 Å². The second-order valence-corrected chi connectivity index (χ2v) is 6.29. The molecule has 1 amide bonds. The molecule has 3 aromatic rings. The van der Waals surface area contributed by atoms with Crippen molar-refractivity contribution >= 4 is 29.1 Å². The number of anilines is 1. The number of carbonyl (C=O) groups is 1. The first-order chi connectivity index (χ1) is 12.2. The van der Waals surface area contributed by atoms with E-state index in [9.17, 15) is 4.79 Å². The summed E-state index contributed by atoms with van der Waals surface area (Å²) in [5.74, 6) is 0.455. The summed E-state index contributed by atoms with van der Waals surface area (Å²) in [7, 11) is 1.62. The number of amides is 1. The highest BCUT2D eigenvalue weighted by atomic mass is 32.1. The van der Waals surface area contributed by atoms with Crippen molar-refractivity contribution in [1.29, 1.82) is 0 Å². The highest BCUT2D eigenvalue weighted by Crippen LogP contribution is 2.33. The molecule has 3 N–H and O–H groups in total. The van der Waals surface area contributed by atoms with E-state index in [4.69, 9.17) is 10.5 Å². The summed E-state index contributed by atoms with van der Waals surface area (Å²) in [5.41, 5.74) is 10.8. The molecule has 2 aromatic carbocycles. The summed E-state index contributed by atoms with van der Waals surface area (Å²) in [5, 5.41) is 3.97. The number of hydrazone groups is 1. The number of methoxy groups -OCH3 is 1. The highest BCUT2D eigenvalue weighted by Gasteiger charge is 2.15. The molecule has 0 fully saturated rings. The van der Waals surface area contributed by atoms with Crippen LogP contribution in [-0.4, -0.2) is 19.2 Å². The number of nitrogens with two attached hydrogens (primary N) is 1. The van der Waals surface area contributed by atoms with Crippen LogP contribution >= 0.6 is 11.3 Å². The molecule has 5 nitrogen and oxygen atoms in total. The number of nitrogens with one attached hydrogen (secondary N) is 1. The molecule has 0 saturated carbocycles. The SMILES string of the molecule is COc1ccc(-c2cc(N)c(C(=O)N/N=C\c3ccccc3)s2)cc1. The van der Waals surface area contributed by atoms with Gasteiger partial charge in [0.15, 0.2) is 0 Å². The summed E-state index contributed by atoms with van der Waals surface area (Å²) in [6.45, 7) is 0. The number of nitrogens with zero attached hydrogens (tertiary/aromatic N) is 1. The van der Waals surface area contributed by atoms with Crippen molar-refractivity contribution in [2.24, 2.45) is 5.10 Å². The van der Waals surface area contributed by atoms with E-state index < -0.39 is 0 Å². The molecule has 0 aliphatic heterocycles. The van der Waals surface area contributed by atoms with Crippen LogP contribution in [0.1, 0.15) is 15.2 Å². The van der Waals surface area contributed by atoms with Crippen LogP contribution in [0.3, 0.4) is 0 Å². The van der Waals surface area contributed by atoms with Gasteiger partial charge in [-0.2, -0.15) is 5.10 Å². The predicted molar refractivity (Wildman–Crippen MR) is 102 cm³/mol. The van der Waals surface area contributed by atoms with Crippen molar-refractivity contribution in [3.63, 3.8) is 0 Å². The van der Waals surface area contributed by atoms with Gasteiger partial charge in [-0.05, 0) is 41.5 Å². The Balaban J connectivity index is 1.72. The molecule has 0 aliphatic carbocycles. The van der Waals surface area contributed by atoms with E-state index in [2.05, 4.69) is 10.5 Å². The maximum absolute atomic E-state index is 12.3. The van der Waals surface area contributed by atoms with Crippen LogP contribution < -0.4 is 15.9 Å². The van der Waals surface area contributed by atoms with Crippen LogP contribution in [0.4, 0.5) is 5.69 Å². The van der Waals surface area contributed by atoms with E-state index in [0.717, 1.165) is 21.8 Å². The van der Waals surface area contributed by atoms with E-state index in [-0.39, 0.29) is 5.91 Å². The Bertz CT molecular complexity index is 887. The van der Waals surface area contributed by atoms with Crippen LogP contribution in [0.25, 0.3) is 10.4 Å². The lowest BCUT2D eigenvalue weighted by Gasteiger charge is -2.00. The average Bonchev–Trinajstić information content (AvgIpc) is 3.04. The Hall–Kier alpha value is -3.12. The molecule has 0 aliphatic rings. The van der Waals surface area contributed by atoms with E-state index >= 15 is 0 Å². The van der Waals surface area contributed by atoms with E-state index in [0.29, 0.717) is 10.6 Å². The smallest absolute Gasteiger partial charge is 0.283 e. The predicted octanol–water partition coefficient (Wildman–Crippen LogP) is 3.77. The van der Waals surface area contributed by atoms with Gasteiger partial charge in [-0.3, -0.25) is 4.79 Å². The third kappa shape index (κ3) is 4.05.